The van der Waals surface area contributed by atoms with E-state index in [1.165, 1.54) is 18.2 Å². The molecule has 0 radical (unpaired) electrons. The number of nitro benzene ring substituents is 1. The van der Waals surface area contributed by atoms with E-state index >= 15 is 0 Å². The molecule has 1 aliphatic rings. The Hall–Kier alpha value is -3.15. The number of benzene rings is 2. The number of nitrogens with zero attached hydrogens (tertiary/aromatic N) is 2. The Bertz CT molecular complexity index is 1060. The number of aliphatic hydroxyl groups is 1. The predicted octanol–water partition coefficient (Wildman–Crippen LogP) is 3.35. The standard InChI is InChI=1S/C20H17N3O6S2/c24-8-9-30-16-7-6-13(10-15(16)23(28)29)11-17-19(26)22(20(27)31-17)12-18(25)21-14-4-2-1-3-5-14/h1-7,10-11,24H,8-9,12H2,(H,21,25). The molecule has 0 aliphatic carbocycles. The Balaban J connectivity index is 1.74. The van der Waals surface area contributed by atoms with Gasteiger partial charge in [0, 0.05) is 17.5 Å². The van der Waals surface area contributed by atoms with Gasteiger partial charge < -0.3 is 10.4 Å². The molecule has 160 valence electrons. The molecule has 0 saturated carbocycles. The predicted molar refractivity (Wildman–Crippen MR) is 119 cm³/mol. The summed E-state index contributed by atoms with van der Waals surface area (Å²) in [7, 11) is 0. The maximum absolute atomic E-state index is 12.6. The van der Waals surface area contributed by atoms with E-state index in [1.807, 2.05) is 0 Å². The lowest BCUT2D eigenvalue weighted by Crippen LogP contribution is -2.36. The van der Waals surface area contributed by atoms with Crippen LogP contribution in [-0.4, -0.2) is 50.9 Å². The summed E-state index contributed by atoms with van der Waals surface area (Å²) in [5.41, 5.74) is 0.759. The van der Waals surface area contributed by atoms with Crippen LogP contribution in [0.2, 0.25) is 0 Å². The van der Waals surface area contributed by atoms with Crippen molar-refractivity contribution in [2.24, 2.45) is 0 Å². The zero-order chi connectivity index (χ0) is 22.4. The highest BCUT2D eigenvalue weighted by Gasteiger charge is 2.36. The second-order valence-electron chi connectivity index (χ2n) is 6.24. The fraction of sp³-hybridized carbons (Fsp3) is 0.150. The van der Waals surface area contributed by atoms with Gasteiger partial charge in [-0.15, -0.1) is 11.8 Å². The van der Waals surface area contributed by atoms with Crippen LogP contribution in [0.15, 0.2) is 58.3 Å². The lowest BCUT2D eigenvalue weighted by atomic mass is 10.2. The highest BCUT2D eigenvalue weighted by molar-refractivity contribution is 8.18. The molecular formula is C20H17N3O6S2. The number of rotatable bonds is 8. The summed E-state index contributed by atoms with van der Waals surface area (Å²) in [6.45, 7) is -0.553. The summed E-state index contributed by atoms with van der Waals surface area (Å²) < 4.78 is 0. The van der Waals surface area contributed by atoms with Crippen molar-refractivity contribution in [2.45, 2.75) is 4.90 Å². The van der Waals surface area contributed by atoms with Crippen molar-refractivity contribution >= 4 is 58.0 Å². The van der Waals surface area contributed by atoms with Gasteiger partial charge in [0.2, 0.25) is 5.91 Å². The number of amides is 3. The number of hydrogen-bond donors (Lipinski definition) is 2. The molecule has 0 spiro atoms. The second kappa shape index (κ2) is 10.2. The van der Waals surface area contributed by atoms with Gasteiger partial charge in [-0.1, -0.05) is 24.3 Å². The Labute approximate surface area is 185 Å². The Morgan fingerprint density at radius 3 is 2.65 bits per heavy atom. The number of hydrogen-bond acceptors (Lipinski definition) is 8. The van der Waals surface area contributed by atoms with Crippen LogP contribution >= 0.6 is 23.5 Å². The van der Waals surface area contributed by atoms with Crippen molar-refractivity contribution in [1.82, 2.24) is 4.90 Å². The lowest BCUT2D eigenvalue weighted by molar-refractivity contribution is -0.387. The van der Waals surface area contributed by atoms with E-state index in [2.05, 4.69) is 5.32 Å². The average Bonchev–Trinajstić information content (AvgIpc) is 3.00. The van der Waals surface area contributed by atoms with E-state index in [0.29, 0.717) is 33.7 Å². The van der Waals surface area contributed by atoms with Crippen molar-refractivity contribution in [3.8, 4) is 0 Å². The summed E-state index contributed by atoms with van der Waals surface area (Å²) in [6, 6.07) is 13.1. The van der Waals surface area contributed by atoms with Crippen molar-refractivity contribution in [3.05, 3.63) is 69.1 Å². The monoisotopic (exact) mass is 459 g/mol. The molecule has 0 aromatic heterocycles. The maximum atomic E-state index is 12.6. The van der Waals surface area contributed by atoms with Gasteiger partial charge in [-0.3, -0.25) is 29.4 Å². The van der Waals surface area contributed by atoms with Gasteiger partial charge in [-0.05, 0) is 41.6 Å². The number of nitro groups is 1. The van der Waals surface area contributed by atoms with Gasteiger partial charge in [-0.25, -0.2) is 0 Å². The quantitative estimate of drug-likeness (QED) is 0.266. The van der Waals surface area contributed by atoms with Crippen LogP contribution in [0.3, 0.4) is 0 Å². The zero-order valence-corrected chi connectivity index (χ0v) is 17.6. The average molecular weight is 460 g/mol. The molecule has 0 atom stereocenters. The van der Waals surface area contributed by atoms with Crippen LogP contribution < -0.4 is 5.32 Å². The summed E-state index contributed by atoms with van der Waals surface area (Å²) in [4.78, 5) is 49.1. The molecule has 3 rings (SSSR count). The van der Waals surface area contributed by atoms with E-state index < -0.39 is 28.5 Å². The molecule has 2 aromatic carbocycles. The molecule has 31 heavy (non-hydrogen) atoms. The number of thioether (sulfide) groups is 2. The molecule has 1 saturated heterocycles. The first-order chi connectivity index (χ1) is 14.9. The fourth-order valence-electron chi connectivity index (χ4n) is 2.70. The molecule has 3 amide bonds. The lowest BCUT2D eigenvalue weighted by Gasteiger charge is -2.12. The van der Waals surface area contributed by atoms with Gasteiger partial charge in [-0.2, -0.15) is 0 Å². The van der Waals surface area contributed by atoms with Gasteiger partial charge in [0.25, 0.3) is 16.8 Å². The minimum atomic E-state index is -0.639. The van der Waals surface area contributed by atoms with Crippen LogP contribution in [0.5, 0.6) is 0 Å². The van der Waals surface area contributed by atoms with E-state index in [9.17, 15) is 24.5 Å². The normalized spacial score (nSPS) is 14.9. The number of nitrogens with one attached hydrogen (secondary N) is 1. The first-order valence-electron chi connectivity index (χ1n) is 9.01. The molecule has 11 heteroatoms. The molecule has 1 aliphatic heterocycles. The Morgan fingerprint density at radius 2 is 1.97 bits per heavy atom. The van der Waals surface area contributed by atoms with Crippen molar-refractivity contribution in [1.29, 1.82) is 0 Å². The zero-order valence-electron chi connectivity index (χ0n) is 16.0. The molecule has 9 nitrogen and oxygen atoms in total. The minimum Gasteiger partial charge on any atom is -0.396 e. The van der Waals surface area contributed by atoms with Gasteiger partial charge in [0.05, 0.1) is 21.3 Å². The molecule has 2 aromatic rings. The second-order valence-corrected chi connectivity index (χ2v) is 8.37. The number of imide groups is 1. The Morgan fingerprint density at radius 1 is 1.23 bits per heavy atom. The maximum Gasteiger partial charge on any atom is 0.294 e. The van der Waals surface area contributed by atoms with E-state index in [-0.39, 0.29) is 17.2 Å². The number of aliphatic hydroxyl groups excluding tert-OH is 1. The minimum absolute atomic E-state index is 0.0718. The van der Waals surface area contributed by atoms with Gasteiger partial charge in [0.1, 0.15) is 6.54 Å². The number of carbonyl (C=O) groups is 3. The first kappa shape index (κ1) is 22.5. The topological polar surface area (TPSA) is 130 Å². The van der Waals surface area contributed by atoms with Crippen LogP contribution in [0.4, 0.5) is 16.2 Å². The third-order valence-electron chi connectivity index (χ3n) is 4.06. The summed E-state index contributed by atoms with van der Waals surface area (Å²) in [5.74, 6) is -0.848. The fourth-order valence-corrected chi connectivity index (χ4v) is 4.29. The molecular weight excluding hydrogens is 442 g/mol. The molecule has 1 heterocycles. The van der Waals surface area contributed by atoms with Crippen LogP contribution in [0.1, 0.15) is 5.56 Å². The molecule has 0 unspecified atom stereocenters. The van der Waals surface area contributed by atoms with Gasteiger partial charge >= 0.3 is 0 Å². The highest BCUT2D eigenvalue weighted by atomic mass is 32.2. The van der Waals surface area contributed by atoms with Crippen molar-refractivity contribution < 1.29 is 24.4 Å². The largest absolute Gasteiger partial charge is 0.396 e. The molecule has 2 N–H and O–H groups in total. The third-order valence-corrected chi connectivity index (χ3v) is 6.01. The Kier molecular flexibility index (Phi) is 7.45. The van der Waals surface area contributed by atoms with E-state index in [1.54, 1.807) is 36.4 Å². The summed E-state index contributed by atoms with van der Waals surface area (Å²) in [6.07, 6.45) is 1.38. The van der Waals surface area contributed by atoms with E-state index in [4.69, 9.17) is 5.11 Å². The van der Waals surface area contributed by atoms with Crippen LogP contribution in [-0.2, 0) is 9.59 Å². The summed E-state index contributed by atoms with van der Waals surface area (Å²) >= 11 is 1.81. The highest BCUT2D eigenvalue weighted by Crippen LogP contribution is 2.34. The number of anilines is 1. The SMILES string of the molecule is O=C(CN1C(=O)SC(=Cc2ccc(SCCO)c([N+](=O)[O-])c2)C1=O)Nc1ccccc1. The third kappa shape index (κ3) is 5.72. The first-order valence-corrected chi connectivity index (χ1v) is 10.8. The molecule has 0 bridgehead atoms. The van der Waals surface area contributed by atoms with E-state index in [0.717, 1.165) is 16.7 Å². The van der Waals surface area contributed by atoms with Crippen molar-refractivity contribution in [3.63, 3.8) is 0 Å². The van der Waals surface area contributed by atoms with Crippen LogP contribution in [0, 0.1) is 10.1 Å². The smallest absolute Gasteiger partial charge is 0.294 e. The number of para-hydroxylation sites is 1. The number of carbonyl (C=O) groups excluding carboxylic acids is 3. The van der Waals surface area contributed by atoms with Gasteiger partial charge in [0.15, 0.2) is 0 Å². The summed E-state index contributed by atoms with van der Waals surface area (Å²) in [5, 5.41) is 22.3. The van der Waals surface area contributed by atoms with Crippen LogP contribution in [0.25, 0.3) is 6.08 Å². The molecule has 1 fully saturated rings. The van der Waals surface area contributed by atoms with Crippen molar-refractivity contribution in [2.75, 3.05) is 24.2 Å².